The molecule has 0 aliphatic carbocycles. The molecular weight excluding hydrogens is 414 g/mol. The van der Waals surface area contributed by atoms with Gasteiger partial charge in [0.05, 0.1) is 18.0 Å². The van der Waals surface area contributed by atoms with Gasteiger partial charge in [0.25, 0.3) is 0 Å². The number of aliphatic imine (C=N–C) groups is 1. The zero-order chi connectivity index (χ0) is 21.8. The van der Waals surface area contributed by atoms with Crippen molar-refractivity contribution in [3.8, 4) is 0 Å². The summed E-state index contributed by atoms with van der Waals surface area (Å²) in [6.45, 7) is 6.18. The average molecular weight is 442 g/mol. The molecule has 0 spiro atoms. The Morgan fingerprint density at radius 1 is 1.19 bits per heavy atom. The lowest BCUT2D eigenvalue weighted by molar-refractivity contribution is -0.146. The van der Waals surface area contributed by atoms with Crippen LogP contribution in [-0.2, 0) is 9.53 Å². The quantitative estimate of drug-likeness (QED) is 0.694. The minimum atomic E-state index is -0.319. The van der Waals surface area contributed by atoms with Gasteiger partial charge in [0.2, 0.25) is 0 Å². The lowest BCUT2D eigenvalue weighted by Crippen LogP contribution is -2.53. The molecule has 2 aliphatic heterocycles. The van der Waals surface area contributed by atoms with Crippen molar-refractivity contribution in [2.45, 2.75) is 13.0 Å². The fraction of sp³-hybridized carbons (Fsp3) is 0.391. The lowest BCUT2D eigenvalue weighted by atomic mass is 10.1. The standard InChI is InChI=1S/C23H28ClN5O2/c1-3-31-23(30)21(25-2)15-28-10-12-29(13-11-28)22-17-6-4-5-7-18(17)26-19-9-8-16(24)14-20(19)27-22/h4-9,14,21,25-26H,3,10-13,15H2,1-2H3. The maximum atomic E-state index is 12.1. The summed E-state index contributed by atoms with van der Waals surface area (Å²) in [7, 11) is 1.80. The minimum absolute atomic E-state index is 0.200. The van der Waals surface area contributed by atoms with Crippen LogP contribution in [0.1, 0.15) is 12.5 Å². The number of ether oxygens (including phenoxy) is 1. The SMILES string of the molecule is CCOC(=O)C(CN1CCN(C2=Nc3cc(Cl)ccc3Nc3ccccc32)CC1)NC. The van der Waals surface area contributed by atoms with Crippen molar-refractivity contribution in [3.05, 3.63) is 53.1 Å². The van der Waals surface area contributed by atoms with Gasteiger partial charge in [0, 0.05) is 49.0 Å². The van der Waals surface area contributed by atoms with Gasteiger partial charge in [-0.2, -0.15) is 0 Å². The molecule has 2 heterocycles. The first-order chi connectivity index (χ1) is 15.1. The molecular formula is C23H28ClN5O2. The molecule has 2 N–H and O–H groups in total. The van der Waals surface area contributed by atoms with Crippen molar-refractivity contribution in [1.29, 1.82) is 0 Å². The summed E-state index contributed by atoms with van der Waals surface area (Å²) in [4.78, 5) is 21.7. The number of para-hydroxylation sites is 1. The number of carbonyl (C=O) groups is 1. The number of hydrogen-bond donors (Lipinski definition) is 2. The van der Waals surface area contributed by atoms with Gasteiger partial charge in [0.15, 0.2) is 0 Å². The van der Waals surface area contributed by atoms with Crippen LogP contribution in [0.15, 0.2) is 47.5 Å². The third kappa shape index (κ3) is 4.84. The molecule has 4 rings (SSSR count). The number of rotatable bonds is 5. The van der Waals surface area contributed by atoms with Crippen molar-refractivity contribution in [3.63, 3.8) is 0 Å². The highest BCUT2D eigenvalue weighted by Gasteiger charge is 2.27. The molecule has 8 heteroatoms. The van der Waals surface area contributed by atoms with E-state index in [-0.39, 0.29) is 12.0 Å². The zero-order valence-electron chi connectivity index (χ0n) is 17.9. The fourth-order valence-electron chi connectivity index (χ4n) is 3.98. The van der Waals surface area contributed by atoms with Gasteiger partial charge in [-0.1, -0.05) is 23.7 Å². The monoisotopic (exact) mass is 441 g/mol. The molecule has 2 aromatic rings. The molecule has 0 bridgehead atoms. The number of hydrogen-bond acceptors (Lipinski definition) is 7. The maximum Gasteiger partial charge on any atom is 0.324 e. The fourth-order valence-corrected chi connectivity index (χ4v) is 4.14. The molecule has 0 aromatic heterocycles. The van der Waals surface area contributed by atoms with E-state index in [4.69, 9.17) is 21.3 Å². The van der Waals surface area contributed by atoms with Crippen LogP contribution in [0.3, 0.4) is 0 Å². The number of carbonyl (C=O) groups excluding carboxylic acids is 1. The molecule has 7 nitrogen and oxygen atoms in total. The molecule has 0 saturated carbocycles. The van der Waals surface area contributed by atoms with Crippen LogP contribution in [0.4, 0.5) is 17.1 Å². The number of nitrogens with zero attached hydrogens (tertiary/aromatic N) is 3. The number of esters is 1. The minimum Gasteiger partial charge on any atom is -0.465 e. The van der Waals surface area contributed by atoms with E-state index in [1.807, 2.05) is 37.3 Å². The number of fused-ring (bicyclic) bond motifs is 2. The number of piperazine rings is 1. The van der Waals surface area contributed by atoms with Gasteiger partial charge in [-0.25, -0.2) is 4.99 Å². The van der Waals surface area contributed by atoms with Gasteiger partial charge in [0.1, 0.15) is 11.9 Å². The molecule has 2 aromatic carbocycles. The van der Waals surface area contributed by atoms with Crippen molar-refractivity contribution in [1.82, 2.24) is 15.1 Å². The predicted molar refractivity (Wildman–Crippen MR) is 125 cm³/mol. The van der Waals surface area contributed by atoms with Crippen molar-refractivity contribution < 1.29 is 9.53 Å². The summed E-state index contributed by atoms with van der Waals surface area (Å²) < 4.78 is 5.17. The Balaban J connectivity index is 1.52. The lowest BCUT2D eigenvalue weighted by Gasteiger charge is -2.37. The van der Waals surface area contributed by atoms with E-state index >= 15 is 0 Å². The zero-order valence-corrected chi connectivity index (χ0v) is 18.7. The summed E-state index contributed by atoms with van der Waals surface area (Å²) in [6, 6.07) is 13.6. The predicted octanol–water partition coefficient (Wildman–Crippen LogP) is 3.24. The number of benzene rings is 2. The maximum absolute atomic E-state index is 12.1. The van der Waals surface area contributed by atoms with Crippen LogP contribution in [0.2, 0.25) is 5.02 Å². The normalized spacial score (nSPS) is 17.0. The summed E-state index contributed by atoms with van der Waals surface area (Å²) in [5.41, 5.74) is 3.88. The van der Waals surface area contributed by atoms with Gasteiger partial charge < -0.3 is 20.3 Å². The van der Waals surface area contributed by atoms with E-state index in [2.05, 4.69) is 32.6 Å². The van der Waals surface area contributed by atoms with Crippen LogP contribution in [0.5, 0.6) is 0 Å². The molecule has 31 heavy (non-hydrogen) atoms. The van der Waals surface area contributed by atoms with Gasteiger partial charge in [-0.3, -0.25) is 9.69 Å². The first kappa shape index (κ1) is 21.6. The molecule has 0 amide bonds. The van der Waals surface area contributed by atoms with E-state index in [9.17, 15) is 4.79 Å². The summed E-state index contributed by atoms with van der Waals surface area (Å²) in [6.07, 6.45) is 0. The molecule has 164 valence electrons. The Morgan fingerprint density at radius 3 is 2.71 bits per heavy atom. The Labute approximate surface area is 188 Å². The summed E-state index contributed by atoms with van der Waals surface area (Å²) in [5, 5.41) is 7.23. The van der Waals surface area contributed by atoms with Crippen LogP contribution in [0, 0.1) is 0 Å². The highest BCUT2D eigenvalue weighted by Crippen LogP contribution is 2.36. The van der Waals surface area contributed by atoms with E-state index in [1.54, 1.807) is 7.05 Å². The van der Waals surface area contributed by atoms with E-state index in [0.29, 0.717) is 18.2 Å². The van der Waals surface area contributed by atoms with E-state index < -0.39 is 0 Å². The van der Waals surface area contributed by atoms with Gasteiger partial charge >= 0.3 is 5.97 Å². The van der Waals surface area contributed by atoms with Crippen LogP contribution < -0.4 is 10.6 Å². The van der Waals surface area contributed by atoms with Crippen molar-refractivity contribution in [2.75, 3.05) is 51.7 Å². The number of amidine groups is 1. The molecule has 1 atom stereocenters. The van der Waals surface area contributed by atoms with E-state index in [0.717, 1.165) is 54.6 Å². The topological polar surface area (TPSA) is 69.2 Å². The molecule has 1 fully saturated rings. The largest absolute Gasteiger partial charge is 0.465 e. The smallest absolute Gasteiger partial charge is 0.324 e. The van der Waals surface area contributed by atoms with Crippen LogP contribution >= 0.6 is 11.6 Å². The summed E-state index contributed by atoms with van der Waals surface area (Å²) in [5.74, 6) is 0.744. The summed E-state index contributed by atoms with van der Waals surface area (Å²) >= 11 is 6.24. The Kier molecular flexibility index (Phi) is 6.75. The number of halogens is 1. The third-order valence-electron chi connectivity index (χ3n) is 5.66. The van der Waals surface area contributed by atoms with Crippen LogP contribution in [-0.4, -0.2) is 74.0 Å². The average Bonchev–Trinajstić information content (AvgIpc) is 2.94. The van der Waals surface area contributed by atoms with Crippen molar-refractivity contribution >= 4 is 40.5 Å². The van der Waals surface area contributed by atoms with E-state index in [1.165, 1.54) is 0 Å². The Bertz CT molecular complexity index is 972. The second-order valence-corrected chi connectivity index (χ2v) is 8.08. The first-order valence-electron chi connectivity index (χ1n) is 10.6. The third-order valence-corrected chi connectivity index (χ3v) is 5.89. The van der Waals surface area contributed by atoms with Crippen LogP contribution in [0.25, 0.3) is 0 Å². The molecule has 1 saturated heterocycles. The number of anilines is 2. The Morgan fingerprint density at radius 2 is 1.97 bits per heavy atom. The van der Waals surface area contributed by atoms with Crippen molar-refractivity contribution in [2.24, 2.45) is 4.99 Å². The molecule has 2 aliphatic rings. The highest BCUT2D eigenvalue weighted by atomic mass is 35.5. The Hall–Kier alpha value is -2.61. The highest BCUT2D eigenvalue weighted by molar-refractivity contribution is 6.31. The van der Waals surface area contributed by atoms with Gasteiger partial charge in [-0.15, -0.1) is 0 Å². The molecule has 0 radical (unpaired) electrons. The number of likely N-dealkylation sites (N-methyl/N-ethyl adjacent to an activating group) is 1. The first-order valence-corrected chi connectivity index (χ1v) is 11.0. The number of nitrogens with one attached hydrogen (secondary N) is 2. The second-order valence-electron chi connectivity index (χ2n) is 7.65. The second kappa shape index (κ2) is 9.68. The van der Waals surface area contributed by atoms with Gasteiger partial charge in [-0.05, 0) is 44.3 Å². The molecule has 1 unspecified atom stereocenters.